The molecule has 0 amide bonds. The molecule has 19 heavy (non-hydrogen) atoms. The minimum atomic E-state index is -0.546. The fourth-order valence-corrected chi connectivity index (χ4v) is 1.51. The van der Waals surface area contributed by atoms with E-state index in [1.165, 1.54) is 18.4 Å². The summed E-state index contributed by atoms with van der Waals surface area (Å²) in [6.45, 7) is 3.73. The minimum Gasteiger partial charge on any atom is -0.461 e. The molecule has 0 aliphatic heterocycles. The molecule has 1 N–H and O–H groups in total. The maximum atomic E-state index is 13.0. The molecular formula is C13H13FN2O3. The van der Waals surface area contributed by atoms with Gasteiger partial charge in [0, 0.05) is 5.69 Å². The summed E-state index contributed by atoms with van der Waals surface area (Å²) in [6.07, 6.45) is 1.21. The number of aryl methyl sites for hydroxylation is 1. The molecule has 0 unspecified atom stereocenters. The van der Waals surface area contributed by atoms with Gasteiger partial charge in [-0.05, 0) is 37.6 Å². The number of halogens is 1. The third kappa shape index (κ3) is 3.09. The Bertz CT molecular complexity index is 595. The Balaban J connectivity index is 2.13. The van der Waals surface area contributed by atoms with Gasteiger partial charge in [-0.3, -0.25) is 0 Å². The number of esters is 1. The highest BCUT2D eigenvalue weighted by atomic mass is 19.1. The lowest BCUT2D eigenvalue weighted by atomic mass is 10.2. The van der Waals surface area contributed by atoms with Gasteiger partial charge in [0.05, 0.1) is 6.61 Å². The van der Waals surface area contributed by atoms with Gasteiger partial charge in [-0.1, -0.05) is 0 Å². The molecule has 1 aromatic heterocycles. The van der Waals surface area contributed by atoms with Gasteiger partial charge in [0.15, 0.2) is 5.69 Å². The lowest BCUT2D eigenvalue weighted by molar-refractivity contribution is 0.0519. The number of hydrogen-bond acceptors (Lipinski definition) is 5. The summed E-state index contributed by atoms with van der Waals surface area (Å²) in [6, 6.07) is 4.43. The van der Waals surface area contributed by atoms with Gasteiger partial charge in [0.25, 0.3) is 6.01 Å². The molecule has 0 spiro atoms. The molecule has 0 atom stereocenters. The molecule has 2 rings (SSSR count). The first-order chi connectivity index (χ1) is 9.10. The van der Waals surface area contributed by atoms with E-state index in [0.29, 0.717) is 11.3 Å². The van der Waals surface area contributed by atoms with E-state index >= 15 is 0 Å². The van der Waals surface area contributed by atoms with Gasteiger partial charge >= 0.3 is 5.97 Å². The summed E-state index contributed by atoms with van der Waals surface area (Å²) in [7, 11) is 0. The van der Waals surface area contributed by atoms with Gasteiger partial charge in [-0.15, -0.1) is 0 Å². The number of hydrogen-bond donors (Lipinski definition) is 1. The van der Waals surface area contributed by atoms with Crippen molar-refractivity contribution in [1.82, 2.24) is 4.98 Å². The Kier molecular flexibility index (Phi) is 3.79. The molecule has 0 aliphatic carbocycles. The van der Waals surface area contributed by atoms with Crippen LogP contribution in [0.1, 0.15) is 23.0 Å². The van der Waals surface area contributed by atoms with Crippen molar-refractivity contribution in [2.45, 2.75) is 13.8 Å². The van der Waals surface area contributed by atoms with Crippen LogP contribution in [0.4, 0.5) is 16.1 Å². The number of nitrogens with one attached hydrogen (secondary N) is 1. The molecule has 0 saturated carbocycles. The number of anilines is 2. The molecule has 2 aromatic rings. The number of oxazole rings is 1. The molecule has 0 fully saturated rings. The van der Waals surface area contributed by atoms with Gasteiger partial charge in [-0.2, -0.15) is 4.98 Å². The van der Waals surface area contributed by atoms with Crippen molar-refractivity contribution < 1.29 is 18.3 Å². The average Bonchev–Trinajstić information content (AvgIpc) is 2.82. The highest BCUT2D eigenvalue weighted by molar-refractivity contribution is 5.87. The molecule has 0 aliphatic rings. The quantitative estimate of drug-likeness (QED) is 0.860. The van der Waals surface area contributed by atoms with Crippen LogP contribution in [-0.2, 0) is 4.74 Å². The van der Waals surface area contributed by atoms with Crippen LogP contribution in [0.5, 0.6) is 0 Å². The van der Waals surface area contributed by atoms with E-state index in [-0.39, 0.29) is 24.1 Å². The molecule has 0 saturated heterocycles. The van der Waals surface area contributed by atoms with E-state index < -0.39 is 5.97 Å². The second-order valence-electron chi connectivity index (χ2n) is 3.84. The smallest absolute Gasteiger partial charge is 0.360 e. The number of carbonyl (C=O) groups excluding carboxylic acids is 1. The number of aromatic nitrogens is 1. The average molecular weight is 264 g/mol. The van der Waals surface area contributed by atoms with Gasteiger partial charge < -0.3 is 14.5 Å². The van der Waals surface area contributed by atoms with Crippen LogP contribution in [0.25, 0.3) is 0 Å². The lowest BCUT2D eigenvalue weighted by Gasteiger charge is -2.05. The van der Waals surface area contributed by atoms with Crippen LogP contribution in [0.15, 0.2) is 28.9 Å². The predicted octanol–water partition coefficient (Wildman–Crippen LogP) is 3.04. The van der Waals surface area contributed by atoms with Crippen molar-refractivity contribution in [2.24, 2.45) is 0 Å². The van der Waals surface area contributed by atoms with Crippen molar-refractivity contribution in [3.05, 3.63) is 41.5 Å². The molecule has 5 nitrogen and oxygen atoms in total. The fraction of sp³-hybridized carbons (Fsp3) is 0.231. The Morgan fingerprint density at radius 1 is 1.53 bits per heavy atom. The normalized spacial score (nSPS) is 10.3. The first-order valence-electron chi connectivity index (χ1n) is 5.76. The first kappa shape index (κ1) is 13.1. The molecule has 100 valence electrons. The van der Waals surface area contributed by atoms with Crippen LogP contribution in [0, 0.1) is 12.7 Å². The topological polar surface area (TPSA) is 64.4 Å². The van der Waals surface area contributed by atoms with Crippen LogP contribution in [0.3, 0.4) is 0 Å². The molecular weight excluding hydrogens is 251 g/mol. The van der Waals surface area contributed by atoms with Gasteiger partial charge in [-0.25, -0.2) is 9.18 Å². The summed E-state index contributed by atoms with van der Waals surface area (Å²) in [5.41, 5.74) is 1.44. The zero-order valence-corrected chi connectivity index (χ0v) is 10.6. The third-order valence-electron chi connectivity index (χ3n) is 2.42. The van der Waals surface area contributed by atoms with Gasteiger partial charge in [0.2, 0.25) is 0 Å². The van der Waals surface area contributed by atoms with Crippen molar-refractivity contribution in [2.75, 3.05) is 11.9 Å². The number of rotatable bonds is 4. The highest BCUT2D eigenvalue weighted by Crippen LogP contribution is 2.20. The Labute approximate surface area is 109 Å². The van der Waals surface area contributed by atoms with E-state index in [2.05, 4.69) is 10.3 Å². The van der Waals surface area contributed by atoms with E-state index in [4.69, 9.17) is 9.15 Å². The van der Waals surface area contributed by atoms with Crippen molar-refractivity contribution in [3.63, 3.8) is 0 Å². The zero-order valence-electron chi connectivity index (χ0n) is 10.6. The summed E-state index contributed by atoms with van der Waals surface area (Å²) < 4.78 is 22.8. The molecule has 1 heterocycles. The number of ether oxygens (including phenoxy) is 1. The minimum absolute atomic E-state index is 0.0871. The van der Waals surface area contributed by atoms with Crippen molar-refractivity contribution >= 4 is 17.7 Å². The number of benzene rings is 1. The molecule has 6 heteroatoms. The van der Waals surface area contributed by atoms with Crippen LogP contribution in [0.2, 0.25) is 0 Å². The second-order valence-corrected chi connectivity index (χ2v) is 3.84. The van der Waals surface area contributed by atoms with Gasteiger partial charge in [0.1, 0.15) is 12.1 Å². The van der Waals surface area contributed by atoms with Crippen molar-refractivity contribution in [1.29, 1.82) is 0 Å². The summed E-state index contributed by atoms with van der Waals surface area (Å²) in [4.78, 5) is 15.3. The van der Waals surface area contributed by atoms with E-state index in [1.54, 1.807) is 19.9 Å². The maximum absolute atomic E-state index is 13.0. The predicted molar refractivity (Wildman–Crippen MR) is 66.9 cm³/mol. The zero-order chi connectivity index (χ0) is 13.8. The van der Waals surface area contributed by atoms with E-state index in [9.17, 15) is 9.18 Å². The standard InChI is InChI=1S/C13H13FN2O3/c1-3-18-12(17)11-7-19-13(16-11)15-10-5-4-9(14)6-8(10)2/h4-7H,3H2,1-2H3,(H,15,16). The number of nitrogens with zero attached hydrogens (tertiary/aromatic N) is 1. The Hall–Kier alpha value is -2.37. The molecule has 1 aromatic carbocycles. The SMILES string of the molecule is CCOC(=O)c1coc(Nc2ccc(F)cc2C)n1. The Morgan fingerprint density at radius 3 is 3.00 bits per heavy atom. The van der Waals surface area contributed by atoms with Crippen molar-refractivity contribution in [3.8, 4) is 0 Å². The summed E-state index contributed by atoms with van der Waals surface area (Å²) in [5.74, 6) is -0.863. The van der Waals surface area contributed by atoms with Crippen LogP contribution < -0.4 is 5.32 Å². The lowest BCUT2D eigenvalue weighted by Crippen LogP contribution is -2.05. The van der Waals surface area contributed by atoms with E-state index in [1.807, 2.05) is 0 Å². The molecule has 0 radical (unpaired) electrons. The van der Waals surface area contributed by atoms with Crippen LogP contribution in [-0.4, -0.2) is 17.6 Å². The first-order valence-corrected chi connectivity index (χ1v) is 5.76. The fourth-order valence-electron chi connectivity index (χ4n) is 1.51. The highest BCUT2D eigenvalue weighted by Gasteiger charge is 2.13. The summed E-state index contributed by atoms with van der Waals surface area (Å²) >= 11 is 0. The maximum Gasteiger partial charge on any atom is 0.360 e. The van der Waals surface area contributed by atoms with Crippen LogP contribution >= 0.6 is 0 Å². The Morgan fingerprint density at radius 2 is 2.32 bits per heavy atom. The van der Waals surface area contributed by atoms with E-state index in [0.717, 1.165) is 0 Å². The third-order valence-corrected chi connectivity index (χ3v) is 2.42. The summed E-state index contributed by atoms with van der Waals surface area (Å²) in [5, 5.41) is 2.86. The largest absolute Gasteiger partial charge is 0.461 e. The molecule has 0 bridgehead atoms. The second kappa shape index (κ2) is 5.51. The number of carbonyl (C=O) groups is 1. The monoisotopic (exact) mass is 264 g/mol.